The fourth-order valence-corrected chi connectivity index (χ4v) is 6.92. The molecule has 3 aliphatic rings. The van der Waals surface area contributed by atoms with E-state index < -0.39 is 11.5 Å². The zero-order chi connectivity index (χ0) is 20.8. The molecule has 4 nitrogen and oxygen atoms in total. The maximum Gasteiger partial charge on any atom is 0.329 e. The number of carbonyl (C=O) groups is 1. The van der Waals surface area contributed by atoms with E-state index in [1.54, 1.807) is 12.1 Å². The number of thioether (sulfide) groups is 1. The Morgan fingerprint density at radius 3 is 2.63 bits per heavy atom. The molecule has 0 radical (unpaired) electrons. The minimum Gasteiger partial charge on any atom is -0.480 e. The quantitative estimate of drug-likeness (QED) is 0.667. The summed E-state index contributed by atoms with van der Waals surface area (Å²) in [6.07, 6.45) is 3.86. The molecule has 1 heterocycles. The Labute approximate surface area is 186 Å². The van der Waals surface area contributed by atoms with E-state index in [2.05, 4.69) is 29.6 Å². The van der Waals surface area contributed by atoms with Crippen molar-refractivity contribution in [3.63, 3.8) is 0 Å². The van der Waals surface area contributed by atoms with Crippen LogP contribution >= 0.6 is 23.4 Å². The zero-order valence-corrected chi connectivity index (χ0v) is 18.3. The lowest BCUT2D eigenvalue weighted by molar-refractivity contribution is -0.144. The number of halogens is 1. The minimum atomic E-state index is -0.970. The van der Waals surface area contributed by atoms with Gasteiger partial charge in [-0.3, -0.25) is 4.99 Å². The first-order valence-corrected chi connectivity index (χ1v) is 11.9. The fourth-order valence-electron chi connectivity index (χ4n) is 5.65. The van der Waals surface area contributed by atoms with Crippen molar-refractivity contribution >= 4 is 40.1 Å². The van der Waals surface area contributed by atoms with Crippen molar-refractivity contribution in [3.05, 3.63) is 64.7 Å². The van der Waals surface area contributed by atoms with E-state index in [0.717, 1.165) is 37.2 Å². The predicted octanol–water partition coefficient (Wildman–Crippen LogP) is 5.40. The van der Waals surface area contributed by atoms with Crippen LogP contribution in [0.3, 0.4) is 0 Å². The van der Waals surface area contributed by atoms with Crippen LogP contribution in [-0.2, 0) is 16.6 Å². The Balaban J connectivity index is 1.47. The van der Waals surface area contributed by atoms with E-state index in [1.165, 1.54) is 16.2 Å². The van der Waals surface area contributed by atoms with Crippen LogP contribution in [0.15, 0.2) is 53.5 Å². The highest BCUT2D eigenvalue weighted by Gasteiger charge is 2.55. The van der Waals surface area contributed by atoms with Gasteiger partial charge in [-0.25, -0.2) is 4.79 Å². The molecule has 2 aromatic carbocycles. The summed E-state index contributed by atoms with van der Waals surface area (Å²) < 4.78 is 0. The number of nitrogens with one attached hydrogen (secondary N) is 1. The van der Waals surface area contributed by atoms with Crippen LogP contribution in [-0.4, -0.2) is 34.0 Å². The van der Waals surface area contributed by atoms with Crippen LogP contribution in [0.25, 0.3) is 0 Å². The number of rotatable bonds is 4. The number of carboxylic acid groups (broad SMARTS) is 1. The van der Waals surface area contributed by atoms with Crippen molar-refractivity contribution in [3.8, 4) is 0 Å². The smallest absolute Gasteiger partial charge is 0.329 e. The van der Waals surface area contributed by atoms with Crippen LogP contribution in [0, 0.1) is 5.92 Å². The summed E-state index contributed by atoms with van der Waals surface area (Å²) in [7, 11) is 0. The van der Waals surface area contributed by atoms with Gasteiger partial charge >= 0.3 is 5.97 Å². The molecule has 2 aromatic rings. The highest BCUT2D eigenvalue weighted by Crippen LogP contribution is 2.56. The van der Waals surface area contributed by atoms with Crippen molar-refractivity contribution in [2.75, 3.05) is 17.6 Å². The number of benzene rings is 2. The highest BCUT2D eigenvalue weighted by molar-refractivity contribution is 8.14. The first kappa shape index (κ1) is 20.0. The average molecular weight is 441 g/mol. The van der Waals surface area contributed by atoms with Crippen molar-refractivity contribution in [1.82, 2.24) is 0 Å². The molecule has 0 bridgehead atoms. The van der Waals surface area contributed by atoms with Crippen molar-refractivity contribution in [1.29, 1.82) is 0 Å². The summed E-state index contributed by atoms with van der Waals surface area (Å²) in [5.41, 5.74) is 2.60. The number of carboxylic acids is 1. The molecule has 0 amide bonds. The van der Waals surface area contributed by atoms with Gasteiger partial charge in [0.25, 0.3) is 0 Å². The summed E-state index contributed by atoms with van der Waals surface area (Å²) in [6, 6.07) is 16.1. The molecule has 1 fully saturated rings. The van der Waals surface area contributed by atoms with E-state index in [4.69, 9.17) is 16.6 Å². The second-order valence-electron chi connectivity index (χ2n) is 8.66. The van der Waals surface area contributed by atoms with E-state index in [9.17, 15) is 9.90 Å². The zero-order valence-electron chi connectivity index (χ0n) is 16.7. The number of hydrogen-bond donors (Lipinski definition) is 2. The number of fused-ring (bicyclic) bond motifs is 2. The number of hydrogen-bond acceptors (Lipinski definition) is 4. The molecule has 0 aromatic heterocycles. The number of anilines is 1. The van der Waals surface area contributed by atoms with E-state index in [-0.39, 0.29) is 5.41 Å². The topological polar surface area (TPSA) is 61.7 Å². The first-order chi connectivity index (χ1) is 14.5. The normalized spacial score (nSPS) is 30.2. The van der Waals surface area contributed by atoms with E-state index in [1.807, 2.05) is 23.9 Å². The molecule has 6 heteroatoms. The Bertz CT molecular complexity index is 1010. The predicted molar refractivity (Wildman–Crippen MR) is 124 cm³/mol. The van der Waals surface area contributed by atoms with E-state index in [0.29, 0.717) is 23.8 Å². The first-order valence-electron chi connectivity index (χ1n) is 10.6. The largest absolute Gasteiger partial charge is 0.480 e. The van der Waals surface area contributed by atoms with Gasteiger partial charge in [0.2, 0.25) is 0 Å². The van der Waals surface area contributed by atoms with Gasteiger partial charge in [0.15, 0.2) is 0 Å². The fraction of sp³-hybridized carbons (Fsp3) is 0.417. The van der Waals surface area contributed by atoms with Gasteiger partial charge in [-0.05, 0) is 61.4 Å². The van der Waals surface area contributed by atoms with Crippen molar-refractivity contribution in [2.45, 2.75) is 43.1 Å². The summed E-state index contributed by atoms with van der Waals surface area (Å²) in [5.74, 6) is 0.654. The third kappa shape index (κ3) is 3.23. The third-order valence-corrected chi connectivity index (χ3v) is 8.50. The van der Waals surface area contributed by atoms with Gasteiger partial charge in [-0.1, -0.05) is 41.9 Å². The molecule has 30 heavy (non-hydrogen) atoms. The summed E-state index contributed by atoms with van der Waals surface area (Å²) in [4.78, 5) is 17.3. The van der Waals surface area contributed by atoms with Gasteiger partial charge in [-0.2, -0.15) is 0 Å². The molecule has 5 rings (SSSR count). The van der Waals surface area contributed by atoms with Crippen molar-refractivity contribution < 1.29 is 9.90 Å². The molecule has 1 spiro atoms. The summed E-state index contributed by atoms with van der Waals surface area (Å²) in [6.45, 7) is 0.901. The second-order valence-corrected chi connectivity index (χ2v) is 10.2. The third-order valence-electron chi connectivity index (χ3n) is 7.17. The standard InChI is InChI=1S/C24H25ClN2O2S/c25-17-5-3-6-18(15-17)27-24(22(28)29)10-8-23(9-11-24)19-7-2-1-4-16(19)14-20(23)21-26-12-13-30-21/h1-7,15,20,27H,8-14H2,(H,28,29). The monoisotopic (exact) mass is 440 g/mol. The molecule has 2 N–H and O–H groups in total. The Hall–Kier alpha value is -1.98. The van der Waals surface area contributed by atoms with Gasteiger partial charge < -0.3 is 10.4 Å². The molecule has 0 saturated heterocycles. The summed E-state index contributed by atoms with van der Waals surface area (Å²) in [5, 5.41) is 15.4. The molecule has 1 unspecified atom stereocenters. The second kappa shape index (κ2) is 7.61. The summed E-state index contributed by atoms with van der Waals surface area (Å²) >= 11 is 8.02. The SMILES string of the molecule is O=C(O)C1(Nc2cccc(Cl)c2)CCC2(CC1)c1ccccc1CC2C1=NCCS1. The minimum absolute atomic E-state index is 0.0122. The molecule has 2 aliphatic carbocycles. The Kier molecular flexibility index (Phi) is 5.06. The lowest BCUT2D eigenvalue weighted by atomic mass is 9.61. The molecule has 1 aliphatic heterocycles. The lowest BCUT2D eigenvalue weighted by Crippen LogP contribution is -2.53. The van der Waals surface area contributed by atoms with Crippen LogP contribution in [0.5, 0.6) is 0 Å². The van der Waals surface area contributed by atoms with Gasteiger partial charge in [0, 0.05) is 34.3 Å². The van der Waals surface area contributed by atoms with Crippen LogP contribution < -0.4 is 5.32 Å². The highest BCUT2D eigenvalue weighted by atomic mass is 35.5. The van der Waals surface area contributed by atoms with Gasteiger partial charge in [0.05, 0.1) is 5.04 Å². The average Bonchev–Trinajstić information content (AvgIpc) is 3.37. The van der Waals surface area contributed by atoms with Crippen molar-refractivity contribution in [2.24, 2.45) is 10.9 Å². The molecular formula is C24H25ClN2O2S. The molecular weight excluding hydrogens is 416 g/mol. The van der Waals surface area contributed by atoms with E-state index >= 15 is 0 Å². The Morgan fingerprint density at radius 2 is 1.93 bits per heavy atom. The molecule has 156 valence electrons. The van der Waals surface area contributed by atoms with Gasteiger partial charge in [-0.15, -0.1) is 11.8 Å². The van der Waals surface area contributed by atoms with Crippen LogP contribution in [0.1, 0.15) is 36.8 Å². The maximum absolute atomic E-state index is 12.4. The molecule has 1 saturated carbocycles. The van der Waals surface area contributed by atoms with Crippen LogP contribution in [0.4, 0.5) is 5.69 Å². The number of aliphatic imine (C=N–C) groups is 1. The lowest BCUT2D eigenvalue weighted by Gasteiger charge is -2.46. The van der Waals surface area contributed by atoms with Crippen LogP contribution in [0.2, 0.25) is 5.02 Å². The number of nitrogens with zero attached hydrogens (tertiary/aromatic N) is 1. The Morgan fingerprint density at radius 1 is 1.13 bits per heavy atom. The molecule has 1 atom stereocenters. The maximum atomic E-state index is 12.4. The number of aliphatic carboxylic acids is 1. The van der Waals surface area contributed by atoms with Gasteiger partial charge in [0.1, 0.15) is 5.54 Å².